The smallest absolute Gasteiger partial charge is 0.272 e. The molecule has 0 aliphatic carbocycles. The van der Waals surface area contributed by atoms with Crippen molar-refractivity contribution in [2.45, 2.75) is 18.9 Å². The minimum Gasteiger partial charge on any atom is -0.470 e. The highest BCUT2D eigenvalue weighted by Crippen LogP contribution is 2.23. The molecule has 11 heteroatoms. The molecular weight excluding hydrogens is 428 g/mol. The first-order valence-electron chi connectivity index (χ1n) is 9.14. The largest absolute Gasteiger partial charge is 0.470 e. The first kappa shape index (κ1) is 22.2. The molecule has 0 aliphatic rings. The predicted octanol–water partition coefficient (Wildman–Crippen LogP) is 2.31. The standard InChI is InChI=1S/C20H19ClN4O6/c21-15-3-1-2-4-18(15)31-12-24-10-9-16(23-24)20(28)22-17(11-26)19(27)13-5-7-14(8-6-13)25(29)30/h1-10,17,19,26-27H,11-12H2,(H,22,28). The van der Waals surface area contributed by atoms with Gasteiger partial charge in [0.2, 0.25) is 0 Å². The van der Waals surface area contributed by atoms with Crippen LogP contribution in [0.4, 0.5) is 5.69 Å². The quantitative estimate of drug-likeness (QED) is 0.338. The van der Waals surface area contributed by atoms with Gasteiger partial charge >= 0.3 is 0 Å². The van der Waals surface area contributed by atoms with Gasteiger partial charge < -0.3 is 20.3 Å². The van der Waals surface area contributed by atoms with Crippen LogP contribution >= 0.6 is 11.6 Å². The number of nitrogens with zero attached hydrogens (tertiary/aromatic N) is 3. The van der Waals surface area contributed by atoms with Gasteiger partial charge in [-0.05, 0) is 35.9 Å². The normalized spacial score (nSPS) is 12.7. The number of carbonyl (C=O) groups excluding carboxylic acids is 1. The molecule has 162 valence electrons. The first-order valence-corrected chi connectivity index (χ1v) is 9.51. The fourth-order valence-electron chi connectivity index (χ4n) is 2.74. The molecule has 0 spiro atoms. The highest BCUT2D eigenvalue weighted by Gasteiger charge is 2.24. The van der Waals surface area contributed by atoms with Gasteiger partial charge in [-0.3, -0.25) is 14.9 Å². The van der Waals surface area contributed by atoms with Gasteiger partial charge in [0.05, 0.1) is 22.6 Å². The van der Waals surface area contributed by atoms with Crippen molar-refractivity contribution in [2.24, 2.45) is 0 Å². The summed E-state index contributed by atoms with van der Waals surface area (Å²) >= 11 is 6.02. The molecule has 1 heterocycles. The van der Waals surface area contributed by atoms with Crippen LogP contribution in [-0.2, 0) is 6.73 Å². The number of aliphatic hydroxyl groups excluding tert-OH is 2. The molecule has 0 fully saturated rings. The molecule has 0 saturated heterocycles. The average Bonchev–Trinajstić information content (AvgIpc) is 3.25. The third-order valence-electron chi connectivity index (χ3n) is 4.40. The van der Waals surface area contributed by atoms with Crippen molar-refractivity contribution in [2.75, 3.05) is 6.61 Å². The lowest BCUT2D eigenvalue weighted by Crippen LogP contribution is -2.42. The maximum Gasteiger partial charge on any atom is 0.272 e. The Hall–Kier alpha value is -3.47. The maximum atomic E-state index is 12.5. The first-order chi connectivity index (χ1) is 14.9. The Kier molecular flexibility index (Phi) is 7.19. The van der Waals surface area contributed by atoms with E-state index in [1.807, 2.05) is 0 Å². The van der Waals surface area contributed by atoms with Crippen LogP contribution in [0.1, 0.15) is 22.2 Å². The van der Waals surface area contributed by atoms with Crippen LogP contribution in [0, 0.1) is 10.1 Å². The number of nitro groups is 1. The number of nitrogens with one attached hydrogen (secondary N) is 1. The number of nitro benzene ring substituents is 1. The van der Waals surface area contributed by atoms with Crippen molar-refractivity contribution in [3.63, 3.8) is 0 Å². The number of rotatable bonds is 9. The van der Waals surface area contributed by atoms with Crippen LogP contribution in [0.5, 0.6) is 5.75 Å². The third kappa shape index (κ3) is 5.57. The van der Waals surface area contributed by atoms with Gasteiger partial charge in [0, 0.05) is 18.3 Å². The van der Waals surface area contributed by atoms with Crippen LogP contribution in [0.15, 0.2) is 60.8 Å². The number of non-ortho nitro benzene ring substituents is 1. The van der Waals surface area contributed by atoms with E-state index in [4.69, 9.17) is 16.3 Å². The van der Waals surface area contributed by atoms with E-state index in [-0.39, 0.29) is 18.1 Å². The zero-order valence-corrected chi connectivity index (χ0v) is 16.8. The fourth-order valence-corrected chi connectivity index (χ4v) is 2.93. The van der Waals surface area contributed by atoms with Crippen LogP contribution in [0.2, 0.25) is 5.02 Å². The van der Waals surface area contributed by atoms with Crippen molar-refractivity contribution >= 4 is 23.2 Å². The number of aromatic nitrogens is 2. The zero-order valence-electron chi connectivity index (χ0n) is 16.1. The van der Waals surface area contributed by atoms with E-state index < -0.39 is 29.6 Å². The second-order valence-electron chi connectivity index (χ2n) is 6.50. The summed E-state index contributed by atoms with van der Waals surface area (Å²) in [5.41, 5.74) is 0.228. The van der Waals surface area contributed by atoms with Gasteiger partial charge in [0.25, 0.3) is 11.6 Å². The van der Waals surface area contributed by atoms with E-state index in [0.717, 1.165) is 0 Å². The van der Waals surface area contributed by atoms with E-state index in [2.05, 4.69) is 10.4 Å². The number of halogens is 1. The van der Waals surface area contributed by atoms with Crippen molar-refractivity contribution in [3.05, 3.63) is 87.2 Å². The van der Waals surface area contributed by atoms with E-state index in [9.17, 15) is 25.1 Å². The molecule has 2 unspecified atom stereocenters. The monoisotopic (exact) mass is 446 g/mol. The molecule has 10 nitrogen and oxygen atoms in total. The summed E-state index contributed by atoms with van der Waals surface area (Å²) in [7, 11) is 0. The number of aliphatic hydroxyl groups is 2. The second kappa shape index (κ2) is 10.0. The van der Waals surface area contributed by atoms with Crippen molar-refractivity contribution in [1.82, 2.24) is 15.1 Å². The lowest BCUT2D eigenvalue weighted by atomic mass is 10.0. The van der Waals surface area contributed by atoms with Crippen molar-refractivity contribution in [3.8, 4) is 5.75 Å². The topological polar surface area (TPSA) is 140 Å². The lowest BCUT2D eigenvalue weighted by molar-refractivity contribution is -0.384. The Morgan fingerprint density at radius 2 is 1.94 bits per heavy atom. The molecule has 0 radical (unpaired) electrons. The van der Waals surface area contributed by atoms with Crippen molar-refractivity contribution in [1.29, 1.82) is 0 Å². The Bertz CT molecular complexity index is 1060. The molecule has 3 N–H and O–H groups in total. The molecule has 0 saturated carbocycles. The Morgan fingerprint density at radius 3 is 2.58 bits per heavy atom. The zero-order chi connectivity index (χ0) is 22.4. The summed E-state index contributed by atoms with van der Waals surface area (Å²) in [4.78, 5) is 22.7. The predicted molar refractivity (Wildman–Crippen MR) is 111 cm³/mol. The molecule has 2 aromatic carbocycles. The van der Waals surface area contributed by atoms with E-state index in [1.54, 1.807) is 24.3 Å². The summed E-state index contributed by atoms with van der Waals surface area (Å²) < 4.78 is 6.94. The molecule has 2 atom stereocenters. The summed E-state index contributed by atoms with van der Waals surface area (Å²) in [6.45, 7) is -0.536. The Labute approximate surface area is 181 Å². The number of ether oxygens (including phenoxy) is 1. The molecule has 0 aliphatic heterocycles. The van der Waals surface area contributed by atoms with E-state index in [0.29, 0.717) is 16.3 Å². The molecule has 3 rings (SSSR count). The maximum absolute atomic E-state index is 12.5. The molecule has 3 aromatic rings. The fraction of sp³-hybridized carbons (Fsp3) is 0.200. The number of hydrogen-bond acceptors (Lipinski definition) is 7. The summed E-state index contributed by atoms with van der Waals surface area (Å²) in [5.74, 6) is -0.145. The van der Waals surface area contributed by atoms with Crippen molar-refractivity contribution < 1.29 is 24.7 Å². The molecule has 31 heavy (non-hydrogen) atoms. The Morgan fingerprint density at radius 1 is 1.23 bits per heavy atom. The van der Waals surface area contributed by atoms with Gasteiger partial charge in [0.15, 0.2) is 6.73 Å². The summed E-state index contributed by atoms with van der Waals surface area (Å²) in [6, 6.07) is 12.5. The number of hydrogen-bond donors (Lipinski definition) is 3. The highest BCUT2D eigenvalue weighted by atomic mass is 35.5. The highest BCUT2D eigenvalue weighted by molar-refractivity contribution is 6.32. The number of para-hydroxylation sites is 1. The minimum atomic E-state index is -1.28. The number of benzene rings is 2. The van der Waals surface area contributed by atoms with Crippen LogP contribution in [0.3, 0.4) is 0 Å². The molecular formula is C20H19ClN4O6. The molecule has 1 aromatic heterocycles. The second-order valence-corrected chi connectivity index (χ2v) is 6.91. The lowest BCUT2D eigenvalue weighted by Gasteiger charge is -2.22. The van der Waals surface area contributed by atoms with Gasteiger partial charge in [-0.25, -0.2) is 4.68 Å². The van der Waals surface area contributed by atoms with Crippen LogP contribution < -0.4 is 10.1 Å². The third-order valence-corrected chi connectivity index (χ3v) is 4.71. The SMILES string of the molecule is O=C(NC(CO)C(O)c1ccc([N+](=O)[O-])cc1)c1ccn(COc2ccccc2Cl)n1. The molecule has 1 amide bonds. The summed E-state index contributed by atoms with van der Waals surface area (Å²) in [5, 5.41) is 37.8. The van der Waals surface area contributed by atoms with Crippen LogP contribution in [0.25, 0.3) is 0 Å². The Balaban J connectivity index is 1.61. The van der Waals surface area contributed by atoms with E-state index >= 15 is 0 Å². The van der Waals surface area contributed by atoms with Gasteiger partial charge in [-0.1, -0.05) is 23.7 Å². The molecule has 0 bridgehead atoms. The van der Waals surface area contributed by atoms with Gasteiger partial charge in [0.1, 0.15) is 17.5 Å². The van der Waals surface area contributed by atoms with Gasteiger partial charge in [-0.2, -0.15) is 5.10 Å². The summed E-state index contributed by atoms with van der Waals surface area (Å²) in [6.07, 6.45) is 0.257. The number of carbonyl (C=O) groups is 1. The average molecular weight is 447 g/mol. The minimum absolute atomic E-state index is 0.0197. The van der Waals surface area contributed by atoms with E-state index in [1.165, 1.54) is 41.2 Å². The van der Waals surface area contributed by atoms with Crippen LogP contribution in [-0.4, -0.2) is 43.5 Å². The number of amides is 1. The van der Waals surface area contributed by atoms with Gasteiger partial charge in [-0.15, -0.1) is 0 Å².